The van der Waals surface area contributed by atoms with Crippen molar-refractivity contribution in [3.05, 3.63) is 35.4 Å². The number of aryl methyl sites for hydroxylation is 3. The maximum absolute atomic E-state index is 12.7. The topological polar surface area (TPSA) is 84.5 Å². The van der Waals surface area contributed by atoms with Crippen LogP contribution in [-0.2, 0) is 7.05 Å². The van der Waals surface area contributed by atoms with Crippen molar-refractivity contribution in [3.8, 4) is 0 Å². The summed E-state index contributed by atoms with van der Waals surface area (Å²) >= 11 is 0. The molecule has 136 valence electrons. The first-order chi connectivity index (χ1) is 12.5. The van der Waals surface area contributed by atoms with Crippen molar-refractivity contribution in [3.63, 3.8) is 0 Å². The Labute approximate surface area is 151 Å². The fourth-order valence-electron chi connectivity index (χ4n) is 3.23. The summed E-state index contributed by atoms with van der Waals surface area (Å²) in [6.45, 7) is 6.79. The lowest BCUT2D eigenvalue weighted by Gasteiger charge is -2.22. The summed E-state index contributed by atoms with van der Waals surface area (Å²) in [5.74, 6) is 1.64. The van der Waals surface area contributed by atoms with E-state index in [-0.39, 0.29) is 5.91 Å². The Bertz CT molecular complexity index is 939. The number of nitrogens with zero attached hydrogens (tertiary/aromatic N) is 8. The second kappa shape index (κ2) is 6.40. The number of carbonyl (C=O) groups is 1. The van der Waals surface area contributed by atoms with E-state index in [1.54, 1.807) is 9.20 Å². The highest BCUT2D eigenvalue weighted by molar-refractivity contribution is 5.92. The van der Waals surface area contributed by atoms with E-state index in [4.69, 9.17) is 0 Å². The van der Waals surface area contributed by atoms with Gasteiger partial charge >= 0.3 is 0 Å². The van der Waals surface area contributed by atoms with Gasteiger partial charge in [-0.3, -0.25) is 9.48 Å². The zero-order valence-corrected chi connectivity index (χ0v) is 15.3. The Morgan fingerprint density at radius 2 is 1.88 bits per heavy atom. The summed E-state index contributed by atoms with van der Waals surface area (Å²) in [5.41, 5.74) is 2.23. The van der Waals surface area contributed by atoms with Gasteiger partial charge in [-0.2, -0.15) is 9.61 Å². The lowest BCUT2D eigenvalue weighted by Crippen LogP contribution is -2.35. The summed E-state index contributed by atoms with van der Waals surface area (Å²) < 4.78 is 3.48. The minimum Gasteiger partial charge on any atom is -0.353 e. The molecule has 0 bridgehead atoms. The number of anilines is 1. The molecule has 26 heavy (non-hydrogen) atoms. The molecule has 3 aromatic rings. The molecule has 1 aliphatic heterocycles. The van der Waals surface area contributed by atoms with Crippen molar-refractivity contribution in [2.75, 3.05) is 31.1 Å². The molecule has 1 saturated heterocycles. The van der Waals surface area contributed by atoms with Crippen LogP contribution in [0.5, 0.6) is 0 Å². The van der Waals surface area contributed by atoms with Crippen molar-refractivity contribution < 1.29 is 4.79 Å². The van der Waals surface area contributed by atoms with E-state index in [1.165, 1.54) is 0 Å². The first kappa shape index (κ1) is 16.5. The number of fused-ring (bicyclic) bond motifs is 1. The lowest BCUT2D eigenvalue weighted by atomic mass is 10.3. The van der Waals surface area contributed by atoms with Crippen molar-refractivity contribution in [2.45, 2.75) is 20.3 Å². The highest BCUT2D eigenvalue weighted by Gasteiger charge is 2.23. The summed E-state index contributed by atoms with van der Waals surface area (Å²) in [5, 5.41) is 17.1. The van der Waals surface area contributed by atoms with Gasteiger partial charge in [-0.1, -0.05) is 0 Å². The predicted molar refractivity (Wildman–Crippen MR) is 96.2 cm³/mol. The third-order valence-electron chi connectivity index (χ3n) is 4.84. The molecule has 0 aromatic carbocycles. The van der Waals surface area contributed by atoms with Gasteiger partial charge in [-0.25, -0.2) is 0 Å². The zero-order valence-electron chi connectivity index (χ0n) is 15.3. The van der Waals surface area contributed by atoms with Gasteiger partial charge in [0.1, 0.15) is 5.82 Å². The Kier molecular flexibility index (Phi) is 4.06. The van der Waals surface area contributed by atoms with Crippen LogP contribution >= 0.6 is 0 Å². The molecule has 1 amide bonds. The maximum atomic E-state index is 12.7. The summed E-state index contributed by atoms with van der Waals surface area (Å²) in [4.78, 5) is 16.8. The fourth-order valence-corrected chi connectivity index (χ4v) is 3.23. The molecule has 0 saturated carbocycles. The van der Waals surface area contributed by atoms with E-state index in [0.717, 1.165) is 49.0 Å². The molecule has 9 heteroatoms. The van der Waals surface area contributed by atoms with E-state index in [1.807, 2.05) is 44.0 Å². The van der Waals surface area contributed by atoms with Crippen molar-refractivity contribution in [1.29, 1.82) is 0 Å². The average molecular weight is 354 g/mol. The number of carbonyl (C=O) groups excluding carboxylic acids is 1. The van der Waals surface area contributed by atoms with Gasteiger partial charge in [0.15, 0.2) is 17.2 Å². The predicted octanol–water partition coefficient (Wildman–Crippen LogP) is 0.827. The van der Waals surface area contributed by atoms with Crippen LogP contribution < -0.4 is 4.90 Å². The van der Waals surface area contributed by atoms with E-state index in [9.17, 15) is 4.79 Å². The summed E-state index contributed by atoms with van der Waals surface area (Å²) in [6.07, 6.45) is 0.887. The second-order valence-corrected chi connectivity index (χ2v) is 6.64. The highest BCUT2D eigenvalue weighted by Crippen LogP contribution is 2.16. The molecule has 0 radical (unpaired) electrons. The average Bonchev–Trinajstić information content (AvgIpc) is 3.06. The van der Waals surface area contributed by atoms with Crippen molar-refractivity contribution >= 4 is 17.4 Å². The monoisotopic (exact) mass is 354 g/mol. The van der Waals surface area contributed by atoms with Gasteiger partial charge in [0, 0.05) is 38.9 Å². The maximum Gasteiger partial charge on any atom is 0.274 e. The number of hydrogen-bond donors (Lipinski definition) is 0. The van der Waals surface area contributed by atoms with Gasteiger partial charge in [-0.15, -0.1) is 15.3 Å². The Balaban J connectivity index is 1.50. The van der Waals surface area contributed by atoms with Crippen LogP contribution in [0.1, 0.15) is 28.4 Å². The molecule has 1 fully saturated rings. The first-order valence-electron chi connectivity index (χ1n) is 8.77. The Hall–Kier alpha value is -2.97. The van der Waals surface area contributed by atoms with Crippen LogP contribution in [0, 0.1) is 13.8 Å². The normalized spacial score (nSPS) is 15.5. The second-order valence-electron chi connectivity index (χ2n) is 6.64. The summed E-state index contributed by atoms with van der Waals surface area (Å²) in [6, 6.07) is 5.73. The SMILES string of the molecule is Cc1cc(C(=O)N2CCCN(c3ccc4nnc(C)n4n3)CC2)nn1C. The molecule has 1 aliphatic rings. The highest BCUT2D eigenvalue weighted by atomic mass is 16.2. The number of hydrogen-bond acceptors (Lipinski definition) is 6. The van der Waals surface area contributed by atoms with E-state index in [0.29, 0.717) is 12.2 Å². The zero-order chi connectivity index (χ0) is 18.3. The van der Waals surface area contributed by atoms with E-state index in [2.05, 4.69) is 25.3 Å². The minimum atomic E-state index is -0.00591. The molecule has 0 unspecified atom stereocenters. The molecule has 4 rings (SSSR count). The molecular formula is C17H22N8O. The lowest BCUT2D eigenvalue weighted by molar-refractivity contribution is 0.0760. The van der Waals surface area contributed by atoms with E-state index >= 15 is 0 Å². The molecule has 9 nitrogen and oxygen atoms in total. The van der Waals surface area contributed by atoms with Crippen LogP contribution in [0.15, 0.2) is 18.2 Å². The standard InChI is InChI=1S/C17H22N8O/c1-12-11-14(20-22(12)3)17(26)24-8-4-7-23(9-10-24)16-6-5-15-19-18-13(2)25(15)21-16/h5-6,11H,4,7-10H2,1-3H3. The molecule has 0 N–H and O–H groups in total. The molecule has 0 aliphatic carbocycles. The largest absolute Gasteiger partial charge is 0.353 e. The number of aromatic nitrogens is 6. The molecule has 3 aromatic heterocycles. The van der Waals surface area contributed by atoms with E-state index < -0.39 is 0 Å². The first-order valence-corrected chi connectivity index (χ1v) is 8.77. The van der Waals surface area contributed by atoms with Gasteiger partial charge in [0.25, 0.3) is 5.91 Å². The molecule has 0 atom stereocenters. The number of amides is 1. The van der Waals surface area contributed by atoms with Crippen molar-refractivity contribution in [1.82, 2.24) is 34.5 Å². The van der Waals surface area contributed by atoms with Crippen LogP contribution in [0.25, 0.3) is 5.65 Å². The van der Waals surface area contributed by atoms with Gasteiger partial charge in [0.2, 0.25) is 0 Å². The van der Waals surface area contributed by atoms with Crippen LogP contribution in [0.2, 0.25) is 0 Å². The van der Waals surface area contributed by atoms with Crippen molar-refractivity contribution in [2.24, 2.45) is 7.05 Å². The van der Waals surface area contributed by atoms with Gasteiger partial charge in [-0.05, 0) is 38.5 Å². The molecule has 0 spiro atoms. The van der Waals surface area contributed by atoms with Crippen LogP contribution in [0.3, 0.4) is 0 Å². The Morgan fingerprint density at radius 1 is 1.04 bits per heavy atom. The quantitative estimate of drug-likeness (QED) is 0.678. The summed E-state index contributed by atoms with van der Waals surface area (Å²) in [7, 11) is 1.85. The third-order valence-corrected chi connectivity index (χ3v) is 4.84. The van der Waals surface area contributed by atoms with Crippen LogP contribution in [-0.4, -0.2) is 66.6 Å². The Morgan fingerprint density at radius 3 is 2.65 bits per heavy atom. The van der Waals surface area contributed by atoms with Crippen LogP contribution in [0.4, 0.5) is 5.82 Å². The van der Waals surface area contributed by atoms with Gasteiger partial charge < -0.3 is 9.80 Å². The fraction of sp³-hybridized carbons (Fsp3) is 0.471. The molecular weight excluding hydrogens is 332 g/mol. The smallest absolute Gasteiger partial charge is 0.274 e. The number of rotatable bonds is 2. The van der Waals surface area contributed by atoms with Gasteiger partial charge in [0.05, 0.1) is 0 Å². The third kappa shape index (κ3) is 2.89. The molecule has 4 heterocycles. The minimum absolute atomic E-state index is 0.00591.